The van der Waals surface area contributed by atoms with Gasteiger partial charge in [0.25, 0.3) is 0 Å². The first kappa shape index (κ1) is 28.2. The number of nitrogen functional groups attached to an aromatic ring is 1. The molecule has 0 radical (unpaired) electrons. The van der Waals surface area contributed by atoms with Gasteiger partial charge in [0, 0.05) is 23.2 Å². The molecule has 0 aliphatic carbocycles. The van der Waals surface area contributed by atoms with E-state index in [-0.39, 0.29) is 31.4 Å². The molecule has 4 aromatic rings. The highest BCUT2D eigenvalue weighted by molar-refractivity contribution is 5.95. The molecule has 0 atom stereocenters. The first-order chi connectivity index (χ1) is 17.9. The van der Waals surface area contributed by atoms with Crippen molar-refractivity contribution in [3.63, 3.8) is 0 Å². The third-order valence-corrected chi connectivity index (χ3v) is 5.90. The number of ether oxygens (including phenoxy) is 2. The van der Waals surface area contributed by atoms with Crippen LogP contribution in [0.15, 0.2) is 66.7 Å². The number of rotatable bonds is 9. The van der Waals surface area contributed by atoms with Gasteiger partial charge in [-0.25, -0.2) is 9.78 Å². The molecule has 4 N–H and O–H groups in total. The van der Waals surface area contributed by atoms with E-state index in [2.05, 4.69) is 4.98 Å². The number of fused-ring (bicyclic) bond motifs is 1. The molecule has 0 bridgehead atoms. The summed E-state index contributed by atoms with van der Waals surface area (Å²) in [4.78, 5) is 34.6. The van der Waals surface area contributed by atoms with Crippen LogP contribution in [0, 0.1) is 12.3 Å². The smallest absolute Gasteiger partial charge is 0.420 e. The largest absolute Gasteiger partial charge is 0.465 e. The Morgan fingerprint density at radius 3 is 2.39 bits per heavy atom. The maximum atomic E-state index is 13.1. The molecular formula is C28H30ClN5O4. The normalized spacial score (nSPS) is 10.5. The lowest BCUT2D eigenvalue weighted by Crippen LogP contribution is -2.38. The average molecular weight is 536 g/mol. The number of imidazole rings is 1. The summed E-state index contributed by atoms with van der Waals surface area (Å²) in [5.74, 6) is 0.692. The van der Waals surface area contributed by atoms with Crippen molar-refractivity contribution in [3.05, 3.63) is 89.2 Å². The quantitative estimate of drug-likeness (QED) is 0.158. The SMILES string of the molecule is CCOC(=O)CN(C(=O)Oc1ccc2[nH]c(CCc3ccc(C(=N)N)cc3)nc2c1C)c1ccccc1.Cl. The Bertz CT molecular complexity index is 1420. The number of aromatic amines is 1. The fourth-order valence-electron chi connectivity index (χ4n) is 3.94. The predicted octanol–water partition coefficient (Wildman–Crippen LogP) is 4.93. The minimum absolute atomic E-state index is 0. The average Bonchev–Trinajstić information content (AvgIpc) is 3.32. The molecule has 0 aliphatic heterocycles. The molecule has 1 aromatic heterocycles. The van der Waals surface area contributed by atoms with Crippen LogP contribution in [-0.2, 0) is 22.4 Å². The van der Waals surface area contributed by atoms with E-state index in [0.29, 0.717) is 34.5 Å². The Kier molecular flexibility index (Phi) is 9.45. The molecule has 38 heavy (non-hydrogen) atoms. The standard InChI is InChI=1S/C28H29N5O4.ClH/c1-3-36-25(34)17-33(21-7-5-4-6-8-21)28(35)37-23-15-14-22-26(18(23)2)32-24(31-22)16-11-19-9-12-20(13-10-19)27(29)30;/h4-10,12-15H,3,11,16-17H2,1-2H3,(H3,29,30)(H,31,32);1H. The predicted molar refractivity (Wildman–Crippen MR) is 149 cm³/mol. The van der Waals surface area contributed by atoms with E-state index in [0.717, 1.165) is 23.3 Å². The van der Waals surface area contributed by atoms with Crippen LogP contribution in [0.4, 0.5) is 10.5 Å². The van der Waals surface area contributed by atoms with Crippen LogP contribution in [0.5, 0.6) is 5.75 Å². The number of H-pyrrole nitrogens is 1. The highest BCUT2D eigenvalue weighted by Gasteiger charge is 2.23. The Morgan fingerprint density at radius 1 is 1.03 bits per heavy atom. The molecule has 0 spiro atoms. The molecule has 4 rings (SSSR count). The molecule has 0 saturated carbocycles. The van der Waals surface area contributed by atoms with Gasteiger partial charge >= 0.3 is 12.1 Å². The third-order valence-electron chi connectivity index (χ3n) is 5.90. The Labute approximate surface area is 226 Å². The summed E-state index contributed by atoms with van der Waals surface area (Å²) in [6.45, 7) is 3.51. The summed E-state index contributed by atoms with van der Waals surface area (Å²) in [6.07, 6.45) is 0.759. The lowest BCUT2D eigenvalue weighted by molar-refractivity contribution is -0.141. The zero-order valence-corrected chi connectivity index (χ0v) is 22.0. The van der Waals surface area contributed by atoms with Crippen molar-refractivity contribution in [1.82, 2.24) is 9.97 Å². The Hall–Kier alpha value is -4.37. The van der Waals surface area contributed by atoms with E-state index in [1.165, 1.54) is 4.90 Å². The number of carbonyl (C=O) groups excluding carboxylic acids is 2. The van der Waals surface area contributed by atoms with Gasteiger partial charge in [-0.05, 0) is 50.1 Å². The lowest BCUT2D eigenvalue weighted by Gasteiger charge is -2.21. The molecule has 0 saturated heterocycles. The molecule has 1 amide bonds. The molecule has 0 aliphatic rings. The second-order valence-corrected chi connectivity index (χ2v) is 8.47. The number of aryl methyl sites for hydroxylation is 3. The lowest BCUT2D eigenvalue weighted by atomic mass is 10.1. The number of hydrogen-bond donors (Lipinski definition) is 3. The van der Waals surface area contributed by atoms with Crippen molar-refractivity contribution in [2.45, 2.75) is 26.7 Å². The number of anilines is 1. The summed E-state index contributed by atoms with van der Waals surface area (Å²) in [7, 11) is 0. The number of nitrogens with one attached hydrogen (secondary N) is 2. The van der Waals surface area contributed by atoms with Crippen molar-refractivity contribution in [1.29, 1.82) is 5.41 Å². The number of hydrogen-bond acceptors (Lipinski definition) is 6. The third kappa shape index (κ3) is 6.68. The van der Waals surface area contributed by atoms with Gasteiger partial charge in [-0.15, -0.1) is 12.4 Å². The topological polar surface area (TPSA) is 134 Å². The molecule has 1 heterocycles. The molecule has 0 unspecified atom stereocenters. The number of amidine groups is 1. The first-order valence-corrected chi connectivity index (χ1v) is 12.0. The highest BCUT2D eigenvalue weighted by atomic mass is 35.5. The number of para-hydroxylation sites is 1. The van der Waals surface area contributed by atoms with Crippen LogP contribution in [0.2, 0.25) is 0 Å². The fraction of sp³-hybridized carbons (Fsp3) is 0.214. The van der Waals surface area contributed by atoms with Crippen molar-refractivity contribution in [2.24, 2.45) is 5.73 Å². The monoisotopic (exact) mass is 535 g/mol. The number of esters is 1. The van der Waals surface area contributed by atoms with E-state index in [4.69, 9.17) is 25.6 Å². The number of halogens is 1. The number of aromatic nitrogens is 2. The van der Waals surface area contributed by atoms with Gasteiger partial charge < -0.3 is 20.2 Å². The molecule has 0 fully saturated rings. The van der Waals surface area contributed by atoms with Gasteiger partial charge in [-0.1, -0.05) is 42.5 Å². The summed E-state index contributed by atoms with van der Waals surface area (Å²) in [6, 6.07) is 20.0. The number of benzene rings is 3. The zero-order chi connectivity index (χ0) is 26.4. The maximum Gasteiger partial charge on any atom is 0.420 e. The summed E-state index contributed by atoms with van der Waals surface area (Å²) in [5.41, 5.74) is 10.1. The van der Waals surface area contributed by atoms with Gasteiger partial charge in [0.15, 0.2) is 0 Å². The van der Waals surface area contributed by atoms with Crippen molar-refractivity contribution in [3.8, 4) is 5.75 Å². The second kappa shape index (κ2) is 12.7. The second-order valence-electron chi connectivity index (χ2n) is 8.47. The minimum atomic E-state index is -0.688. The van der Waals surface area contributed by atoms with Crippen molar-refractivity contribution < 1.29 is 19.1 Å². The first-order valence-electron chi connectivity index (χ1n) is 12.0. The summed E-state index contributed by atoms with van der Waals surface area (Å²) in [5, 5.41) is 7.51. The van der Waals surface area contributed by atoms with Gasteiger partial charge in [0.05, 0.1) is 17.6 Å². The van der Waals surface area contributed by atoms with Gasteiger partial charge in [0.1, 0.15) is 24.0 Å². The Balaban J connectivity index is 0.00000400. The van der Waals surface area contributed by atoms with Crippen LogP contribution >= 0.6 is 12.4 Å². The van der Waals surface area contributed by atoms with Crippen LogP contribution in [0.1, 0.15) is 29.4 Å². The van der Waals surface area contributed by atoms with Crippen molar-refractivity contribution in [2.75, 3.05) is 18.1 Å². The fourth-order valence-corrected chi connectivity index (χ4v) is 3.94. The number of nitrogens with two attached hydrogens (primary N) is 1. The number of amides is 1. The molecular weight excluding hydrogens is 506 g/mol. The van der Waals surface area contributed by atoms with E-state index < -0.39 is 12.1 Å². The highest BCUT2D eigenvalue weighted by Crippen LogP contribution is 2.27. The molecule has 10 heteroatoms. The summed E-state index contributed by atoms with van der Waals surface area (Å²) >= 11 is 0. The van der Waals surface area contributed by atoms with Crippen LogP contribution < -0.4 is 15.4 Å². The van der Waals surface area contributed by atoms with Crippen LogP contribution in [0.3, 0.4) is 0 Å². The van der Waals surface area contributed by atoms with Crippen LogP contribution in [-0.4, -0.2) is 41.0 Å². The van der Waals surface area contributed by atoms with Crippen LogP contribution in [0.25, 0.3) is 11.0 Å². The number of nitrogens with zero attached hydrogens (tertiary/aromatic N) is 2. The Morgan fingerprint density at radius 2 is 1.74 bits per heavy atom. The van der Waals surface area contributed by atoms with E-state index >= 15 is 0 Å². The molecule has 198 valence electrons. The van der Waals surface area contributed by atoms with Gasteiger partial charge in [-0.2, -0.15) is 0 Å². The van der Waals surface area contributed by atoms with Gasteiger partial charge in [0.2, 0.25) is 0 Å². The van der Waals surface area contributed by atoms with E-state index in [9.17, 15) is 9.59 Å². The maximum absolute atomic E-state index is 13.1. The molecule has 3 aromatic carbocycles. The summed E-state index contributed by atoms with van der Waals surface area (Å²) < 4.78 is 10.7. The molecule has 9 nitrogen and oxygen atoms in total. The number of carbonyl (C=O) groups is 2. The van der Waals surface area contributed by atoms with E-state index in [1.54, 1.807) is 37.3 Å². The minimum Gasteiger partial charge on any atom is -0.465 e. The van der Waals surface area contributed by atoms with E-state index in [1.807, 2.05) is 43.3 Å². The zero-order valence-electron chi connectivity index (χ0n) is 21.2. The van der Waals surface area contributed by atoms with Crippen molar-refractivity contribution >= 4 is 47.0 Å². The van der Waals surface area contributed by atoms with Gasteiger partial charge in [-0.3, -0.25) is 15.1 Å².